The van der Waals surface area contributed by atoms with Gasteiger partial charge in [-0.3, -0.25) is 9.59 Å². The maximum Gasteiger partial charge on any atom is 0.242 e. The molecule has 4 aromatic rings. The zero-order valence-corrected chi connectivity index (χ0v) is 21.0. The number of benzene rings is 2. The van der Waals surface area contributed by atoms with Crippen LogP contribution in [0.25, 0.3) is 0 Å². The van der Waals surface area contributed by atoms with E-state index in [4.69, 9.17) is 9.15 Å². The van der Waals surface area contributed by atoms with Gasteiger partial charge in [-0.05, 0) is 53.3 Å². The molecule has 2 amide bonds. The lowest BCUT2D eigenvalue weighted by molar-refractivity contribution is -0.143. The number of halogens is 1. The van der Waals surface area contributed by atoms with E-state index >= 15 is 0 Å². The molecule has 8 heteroatoms. The molecule has 6 nitrogen and oxygen atoms in total. The summed E-state index contributed by atoms with van der Waals surface area (Å²) >= 11 is 1.66. The van der Waals surface area contributed by atoms with Crippen molar-refractivity contribution in [3.8, 4) is 5.75 Å². The van der Waals surface area contributed by atoms with E-state index in [1.165, 1.54) is 17.0 Å². The molecule has 0 N–H and O–H groups in total. The van der Waals surface area contributed by atoms with Crippen LogP contribution in [0.5, 0.6) is 5.75 Å². The zero-order valence-electron chi connectivity index (χ0n) is 20.2. The molecule has 2 aromatic heterocycles. The summed E-state index contributed by atoms with van der Waals surface area (Å²) in [5.41, 5.74) is 1.92. The number of amides is 2. The minimum atomic E-state index is -0.379. The second-order valence-electron chi connectivity index (χ2n) is 8.91. The zero-order chi connectivity index (χ0) is 25.6. The van der Waals surface area contributed by atoms with Crippen molar-refractivity contribution in [2.45, 2.75) is 25.4 Å². The number of carbonyl (C=O) groups excluding carboxylic acids is 2. The average molecular weight is 519 g/mol. The van der Waals surface area contributed by atoms with Crippen LogP contribution in [0, 0.1) is 5.82 Å². The predicted molar refractivity (Wildman–Crippen MR) is 139 cm³/mol. The Labute approximate surface area is 218 Å². The van der Waals surface area contributed by atoms with Crippen molar-refractivity contribution in [2.75, 3.05) is 19.7 Å². The van der Waals surface area contributed by atoms with Crippen LogP contribution in [0.2, 0.25) is 0 Å². The monoisotopic (exact) mass is 518 g/mol. The fraction of sp³-hybridized carbons (Fsp3) is 0.241. The molecular formula is C29H27FN2O4S. The molecule has 0 fully saturated rings. The Kier molecular flexibility index (Phi) is 7.65. The Morgan fingerprint density at radius 1 is 1.08 bits per heavy atom. The molecular weight excluding hydrogens is 491 g/mol. The maximum absolute atomic E-state index is 13.7. The lowest BCUT2D eigenvalue weighted by Crippen LogP contribution is -2.47. The number of ether oxygens (including phenoxy) is 1. The average Bonchev–Trinajstić information content (AvgIpc) is 3.59. The largest absolute Gasteiger partial charge is 0.491 e. The summed E-state index contributed by atoms with van der Waals surface area (Å²) in [5.74, 6) is 0.316. The molecule has 0 radical (unpaired) electrons. The van der Waals surface area contributed by atoms with Gasteiger partial charge in [0.1, 0.15) is 30.5 Å². The number of furan rings is 1. The highest BCUT2D eigenvalue weighted by Crippen LogP contribution is 2.34. The number of thiophene rings is 1. The first-order valence-corrected chi connectivity index (χ1v) is 13.0. The van der Waals surface area contributed by atoms with Gasteiger partial charge in [-0.1, -0.05) is 36.4 Å². The Bertz CT molecular complexity index is 1340. The van der Waals surface area contributed by atoms with Crippen molar-refractivity contribution >= 4 is 23.2 Å². The van der Waals surface area contributed by atoms with Crippen molar-refractivity contribution in [2.24, 2.45) is 0 Å². The van der Waals surface area contributed by atoms with Gasteiger partial charge in [-0.2, -0.15) is 0 Å². The van der Waals surface area contributed by atoms with Gasteiger partial charge in [0, 0.05) is 17.5 Å². The molecule has 1 aliphatic rings. The van der Waals surface area contributed by atoms with Crippen LogP contribution in [0.3, 0.4) is 0 Å². The quantitative estimate of drug-likeness (QED) is 0.303. The maximum atomic E-state index is 13.7. The molecule has 0 saturated carbocycles. The van der Waals surface area contributed by atoms with E-state index < -0.39 is 0 Å². The normalized spacial score (nSPS) is 14.7. The topological polar surface area (TPSA) is 63.0 Å². The fourth-order valence-electron chi connectivity index (χ4n) is 4.57. The lowest BCUT2D eigenvalue weighted by Gasteiger charge is -2.37. The molecule has 0 aliphatic carbocycles. The van der Waals surface area contributed by atoms with E-state index in [2.05, 4.69) is 0 Å². The number of carbonyl (C=O) groups is 2. The molecule has 3 heterocycles. The van der Waals surface area contributed by atoms with Crippen molar-refractivity contribution < 1.29 is 23.1 Å². The third kappa shape index (κ3) is 6.09. The van der Waals surface area contributed by atoms with Gasteiger partial charge in [0.25, 0.3) is 0 Å². The Hall–Kier alpha value is -3.91. The van der Waals surface area contributed by atoms with Crippen LogP contribution >= 0.6 is 11.3 Å². The SMILES string of the molecule is O=C(Cc1ccccc1)N(CC(=O)N1CCc2sccc2[C@H]1COc1cccc(F)c1)Cc1ccco1. The summed E-state index contributed by atoms with van der Waals surface area (Å²) < 4.78 is 25.1. The first-order valence-electron chi connectivity index (χ1n) is 12.1. The first-order chi connectivity index (χ1) is 18.1. The third-order valence-electron chi connectivity index (χ3n) is 6.42. The van der Waals surface area contributed by atoms with E-state index in [0.29, 0.717) is 18.1 Å². The highest BCUT2D eigenvalue weighted by molar-refractivity contribution is 7.10. The summed E-state index contributed by atoms with van der Waals surface area (Å²) in [7, 11) is 0. The van der Waals surface area contributed by atoms with Crippen LogP contribution in [0.15, 0.2) is 88.9 Å². The molecule has 0 bridgehead atoms. The molecule has 5 rings (SSSR count). The summed E-state index contributed by atoms with van der Waals surface area (Å²) in [6.45, 7) is 0.828. The number of rotatable bonds is 9. The predicted octanol–water partition coefficient (Wildman–Crippen LogP) is 5.26. The molecule has 0 spiro atoms. The van der Waals surface area contributed by atoms with E-state index in [1.54, 1.807) is 51.7 Å². The molecule has 1 aliphatic heterocycles. The van der Waals surface area contributed by atoms with Crippen LogP contribution in [-0.4, -0.2) is 41.3 Å². The van der Waals surface area contributed by atoms with E-state index in [-0.39, 0.29) is 49.8 Å². The minimum Gasteiger partial charge on any atom is -0.491 e. The minimum absolute atomic E-state index is 0.0810. The van der Waals surface area contributed by atoms with E-state index in [9.17, 15) is 14.0 Å². The van der Waals surface area contributed by atoms with E-state index in [1.807, 2.05) is 41.8 Å². The van der Waals surface area contributed by atoms with Gasteiger partial charge >= 0.3 is 0 Å². The molecule has 2 aromatic carbocycles. The second kappa shape index (κ2) is 11.4. The number of hydrogen-bond donors (Lipinski definition) is 0. The third-order valence-corrected chi connectivity index (χ3v) is 7.42. The fourth-order valence-corrected chi connectivity index (χ4v) is 5.49. The highest BCUT2D eigenvalue weighted by atomic mass is 32.1. The molecule has 190 valence electrons. The van der Waals surface area contributed by atoms with Crippen LogP contribution in [-0.2, 0) is 29.0 Å². The molecule has 37 heavy (non-hydrogen) atoms. The first kappa shape index (κ1) is 24.8. The van der Waals surface area contributed by atoms with Gasteiger partial charge in [0.15, 0.2) is 0 Å². The molecule has 0 saturated heterocycles. The van der Waals surface area contributed by atoms with Crippen LogP contribution in [0.1, 0.15) is 27.8 Å². The summed E-state index contributed by atoms with van der Waals surface area (Å²) in [4.78, 5) is 31.5. The molecule has 0 unspecified atom stereocenters. The lowest BCUT2D eigenvalue weighted by atomic mass is 10.0. The van der Waals surface area contributed by atoms with Gasteiger partial charge in [-0.25, -0.2) is 4.39 Å². The van der Waals surface area contributed by atoms with Gasteiger partial charge in [0.05, 0.1) is 25.3 Å². The molecule has 1 atom stereocenters. The van der Waals surface area contributed by atoms with Gasteiger partial charge < -0.3 is 19.0 Å². The number of hydrogen-bond acceptors (Lipinski definition) is 5. The number of fused-ring (bicyclic) bond motifs is 1. The second-order valence-corrected chi connectivity index (χ2v) is 9.91. The standard InChI is InChI=1S/C29H27FN2O4S/c30-22-8-4-9-23(17-22)36-20-26-25-12-15-37-27(25)11-13-32(26)29(34)19-31(18-24-10-5-14-35-24)28(33)16-21-6-2-1-3-7-21/h1-10,12,14-15,17,26H,11,13,16,18-20H2/t26-/m1/s1. The van der Waals surface area contributed by atoms with E-state index in [0.717, 1.165) is 17.5 Å². The van der Waals surface area contributed by atoms with Crippen molar-refractivity contribution in [1.29, 1.82) is 0 Å². The summed E-state index contributed by atoms with van der Waals surface area (Å²) in [6.07, 6.45) is 2.49. The van der Waals surface area contributed by atoms with Gasteiger partial charge in [0.2, 0.25) is 11.8 Å². The smallest absolute Gasteiger partial charge is 0.242 e. The van der Waals surface area contributed by atoms with Gasteiger partial charge in [-0.15, -0.1) is 11.3 Å². The van der Waals surface area contributed by atoms with Crippen LogP contribution in [0.4, 0.5) is 4.39 Å². The Morgan fingerprint density at radius 2 is 1.95 bits per heavy atom. The van der Waals surface area contributed by atoms with Crippen molar-refractivity contribution in [1.82, 2.24) is 9.80 Å². The Morgan fingerprint density at radius 3 is 2.73 bits per heavy atom. The summed E-state index contributed by atoms with van der Waals surface area (Å²) in [5, 5.41) is 2.01. The van der Waals surface area contributed by atoms with Crippen molar-refractivity contribution in [3.63, 3.8) is 0 Å². The highest BCUT2D eigenvalue weighted by Gasteiger charge is 2.33. The Balaban J connectivity index is 1.34. The number of nitrogens with zero attached hydrogens (tertiary/aromatic N) is 2. The summed E-state index contributed by atoms with van der Waals surface area (Å²) in [6, 6.07) is 20.7. The van der Waals surface area contributed by atoms with Crippen LogP contribution < -0.4 is 4.74 Å². The van der Waals surface area contributed by atoms with Crippen molar-refractivity contribution in [3.05, 3.63) is 112 Å².